The second-order valence-corrected chi connectivity index (χ2v) is 5.31. The summed E-state index contributed by atoms with van der Waals surface area (Å²) in [5.41, 5.74) is 6.45. The van der Waals surface area contributed by atoms with Gasteiger partial charge < -0.3 is 5.73 Å². The van der Waals surface area contributed by atoms with Crippen molar-refractivity contribution in [1.29, 1.82) is 0 Å². The summed E-state index contributed by atoms with van der Waals surface area (Å²) < 4.78 is 0. The summed E-state index contributed by atoms with van der Waals surface area (Å²) in [5, 5.41) is 0. The Balaban J connectivity index is 2.14. The van der Waals surface area contributed by atoms with E-state index in [2.05, 4.69) is 25.7 Å². The van der Waals surface area contributed by atoms with E-state index in [1.165, 1.54) is 19.4 Å². The average Bonchev–Trinajstić information content (AvgIpc) is 2.45. The summed E-state index contributed by atoms with van der Waals surface area (Å²) in [4.78, 5) is 2.59. The Hall–Kier alpha value is -0.0800. The van der Waals surface area contributed by atoms with Gasteiger partial charge in [-0.05, 0) is 39.5 Å². The van der Waals surface area contributed by atoms with Crippen molar-refractivity contribution in [3.63, 3.8) is 0 Å². The van der Waals surface area contributed by atoms with E-state index < -0.39 is 0 Å². The molecule has 2 fully saturated rings. The van der Waals surface area contributed by atoms with Crippen LogP contribution in [0.3, 0.4) is 0 Å². The minimum atomic E-state index is 0.317. The number of hydrogen-bond donors (Lipinski definition) is 1. The van der Waals surface area contributed by atoms with Crippen LogP contribution in [0.15, 0.2) is 0 Å². The number of fused-ring (bicyclic) bond motifs is 2. The van der Waals surface area contributed by atoms with Gasteiger partial charge in [-0.1, -0.05) is 0 Å². The van der Waals surface area contributed by atoms with Crippen molar-refractivity contribution in [3.05, 3.63) is 0 Å². The van der Waals surface area contributed by atoms with Crippen LogP contribution >= 0.6 is 0 Å². The number of hydrogen-bond acceptors (Lipinski definition) is 2. The van der Waals surface area contributed by atoms with Crippen molar-refractivity contribution in [3.8, 4) is 0 Å². The summed E-state index contributed by atoms with van der Waals surface area (Å²) in [6.45, 7) is 8.11. The quantitative estimate of drug-likeness (QED) is 0.589. The topological polar surface area (TPSA) is 29.3 Å². The summed E-state index contributed by atoms with van der Waals surface area (Å²) in [6.07, 6.45) is 2.68. The van der Waals surface area contributed by atoms with Crippen molar-refractivity contribution in [2.75, 3.05) is 6.54 Å². The molecule has 2 aliphatic rings. The lowest BCUT2D eigenvalue weighted by Gasteiger charge is -2.38. The molecule has 0 spiro atoms. The lowest BCUT2D eigenvalue weighted by atomic mass is 10.0. The molecule has 1 aliphatic heterocycles. The Morgan fingerprint density at radius 1 is 1.25 bits per heavy atom. The fraction of sp³-hybridized carbons (Fsp3) is 1.00. The van der Waals surface area contributed by atoms with Gasteiger partial charge in [0.2, 0.25) is 0 Å². The van der Waals surface area contributed by atoms with E-state index >= 15 is 0 Å². The minimum absolute atomic E-state index is 0.317. The molecule has 2 bridgehead atoms. The highest BCUT2D eigenvalue weighted by atomic mass is 15.3. The summed E-state index contributed by atoms with van der Waals surface area (Å²) in [5.74, 6) is 0.786. The zero-order chi connectivity index (χ0) is 8.93. The molecule has 1 heterocycles. The van der Waals surface area contributed by atoms with Gasteiger partial charge in [-0.25, -0.2) is 0 Å². The van der Waals surface area contributed by atoms with Gasteiger partial charge in [0.1, 0.15) is 0 Å². The second kappa shape index (κ2) is 2.46. The number of likely N-dealkylation sites (tertiary alicyclic amines) is 1. The maximum atomic E-state index is 6.13. The predicted molar refractivity (Wildman–Crippen MR) is 50.9 cm³/mol. The van der Waals surface area contributed by atoms with Crippen LogP contribution in [0.5, 0.6) is 0 Å². The van der Waals surface area contributed by atoms with Gasteiger partial charge in [0.25, 0.3) is 0 Å². The Morgan fingerprint density at radius 2 is 1.92 bits per heavy atom. The van der Waals surface area contributed by atoms with Crippen molar-refractivity contribution < 1.29 is 0 Å². The lowest BCUT2D eigenvalue weighted by molar-refractivity contribution is 0.0956. The van der Waals surface area contributed by atoms with E-state index in [1.807, 2.05) is 0 Å². The second-order valence-electron chi connectivity index (χ2n) is 5.31. The molecular weight excluding hydrogens is 148 g/mol. The zero-order valence-corrected chi connectivity index (χ0v) is 8.38. The van der Waals surface area contributed by atoms with Gasteiger partial charge in [-0.15, -0.1) is 0 Å². The monoisotopic (exact) mass is 168 g/mol. The highest BCUT2D eigenvalue weighted by Gasteiger charge is 2.47. The van der Waals surface area contributed by atoms with E-state index in [0.717, 1.165) is 5.92 Å². The van der Waals surface area contributed by atoms with E-state index in [9.17, 15) is 0 Å². The smallest absolute Gasteiger partial charge is 0.0255 e. The highest BCUT2D eigenvalue weighted by molar-refractivity contribution is 5.05. The Morgan fingerprint density at radius 3 is 2.17 bits per heavy atom. The molecule has 12 heavy (non-hydrogen) atoms. The molecular formula is C10H20N2. The first kappa shape index (κ1) is 8.52. The SMILES string of the molecule is CC(C)(C)N1CC2CCC1C2N. The van der Waals surface area contributed by atoms with Gasteiger partial charge in [0.05, 0.1) is 0 Å². The third-order valence-electron chi connectivity index (χ3n) is 3.52. The Labute approximate surface area is 75.1 Å². The molecule has 0 aromatic heterocycles. The van der Waals surface area contributed by atoms with Crippen LogP contribution in [-0.4, -0.2) is 29.1 Å². The van der Waals surface area contributed by atoms with Crippen molar-refractivity contribution in [2.24, 2.45) is 11.7 Å². The number of rotatable bonds is 0. The summed E-state index contributed by atoms with van der Waals surface area (Å²) >= 11 is 0. The first-order valence-corrected chi connectivity index (χ1v) is 5.02. The predicted octanol–water partition coefficient (Wildman–Crippen LogP) is 1.21. The van der Waals surface area contributed by atoms with Crippen LogP contribution in [0.1, 0.15) is 33.6 Å². The molecule has 1 saturated heterocycles. The van der Waals surface area contributed by atoms with Crippen LogP contribution in [0, 0.1) is 5.92 Å². The van der Waals surface area contributed by atoms with Gasteiger partial charge in [0.15, 0.2) is 0 Å². The summed E-state index contributed by atoms with van der Waals surface area (Å²) in [6, 6.07) is 1.14. The lowest BCUT2D eigenvalue weighted by Crippen LogP contribution is -2.48. The highest BCUT2D eigenvalue weighted by Crippen LogP contribution is 2.40. The largest absolute Gasteiger partial charge is 0.326 e. The van der Waals surface area contributed by atoms with E-state index in [-0.39, 0.29) is 0 Å². The average molecular weight is 168 g/mol. The van der Waals surface area contributed by atoms with Crippen LogP contribution in [-0.2, 0) is 0 Å². The van der Waals surface area contributed by atoms with Crippen LogP contribution < -0.4 is 5.73 Å². The Bertz CT molecular complexity index is 183. The van der Waals surface area contributed by atoms with E-state index in [0.29, 0.717) is 17.6 Å². The molecule has 1 aliphatic carbocycles. The molecule has 0 aromatic rings. The number of nitrogens with zero attached hydrogens (tertiary/aromatic N) is 1. The van der Waals surface area contributed by atoms with Gasteiger partial charge in [0, 0.05) is 24.2 Å². The molecule has 0 radical (unpaired) electrons. The zero-order valence-electron chi connectivity index (χ0n) is 8.38. The van der Waals surface area contributed by atoms with Crippen LogP contribution in [0.4, 0.5) is 0 Å². The molecule has 2 nitrogen and oxygen atoms in total. The molecule has 3 atom stereocenters. The van der Waals surface area contributed by atoms with Crippen molar-refractivity contribution in [2.45, 2.75) is 51.2 Å². The van der Waals surface area contributed by atoms with Crippen molar-refractivity contribution >= 4 is 0 Å². The molecule has 2 rings (SSSR count). The van der Waals surface area contributed by atoms with Crippen LogP contribution in [0.25, 0.3) is 0 Å². The van der Waals surface area contributed by atoms with Gasteiger partial charge in [-0.2, -0.15) is 0 Å². The first-order chi connectivity index (χ1) is 5.50. The molecule has 0 aromatic carbocycles. The van der Waals surface area contributed by atoms with Gasteiger partial charge >= 0.3 is 0 Å². The molecule has 1 saturated carbocycles. The van der Waals surface area contributed by atoms with E-state index in [1.54, 1.807) is 0 Å². The molecule has 2 heteroatoms. The van der Waals surface area contributed by atoms with Gasteiger partial charge in [-0.3, -0.25) is 4.90 Å². The van der Waals surface area contributed by atoms with E-state index in [4.69, 9.17) is 5.73 Å². The maximum Gasteiger partial charge on any atom is 0.0255 e. The molecule has 70 valence electrons. The number of nitrogens with two attached hydrogens (primary N) is 1. The Kier molecular flexibility index (Phi) is 1.74. The van der Waals surface area contributed by atoms with Crippen LogP contribution in [0.2, 0.25) is 0 Å². The molecule has 2 N–H and O–H groups in total. The molecule has 3 unspecified atom stereocenters. The maximum absolute atomic E-state index is 6.13. The normalized spacial score (nSPS) is 42.5. The molecule has 0 amide bonds. The fourth-order valence-corrected chi connectivity index (χ4v) is 2.82. The fourth-order valence-electron chi connectivity index (χ4n) is 2.82. The first-order valence-electron chi connectivity index (χ1n) is 5.02. The number of piperidine rings is 1. The van der Waals surface area contributed by atoms with Crippen molar-refractivity contribution in [1.82, 2.24) is 4.90 Å². The third kappa shape index (κ3) is 1.09. The minimum Gasteiger partial charge on any atom is -0.326 e. The standard InChI is InChI=1S/C10H20N2/c1-10(2,3)12-6-7-4-5-8(12)9(7)11/h7-9H,4-6,11H2,1-3H3. The third-order valence-corrected chi connectivity index (χ3v) is 3.52. The summed E-state index contributed by atoms with van der Waals surface area (Å²) in [7, 11) is 0.